The van der Waals surface area contributed by atoms with Crippen LogP contribution >= 0.6 is 0 Å². The Hall–Kier alpha value is -2.97. The Morgan fingerprint density at radius 2 is 1.67 bits per heavy atom. The van der Waals surface area contributed by atoms with E-state index in [0.717, 1.165) is 10.6 Å². The van der Waals surface area contributed by atoms with Gasteiger partial charge in [-0.1, -0.05) is 42.5 Å². The van der Waals surface area contributed by atoms with Crippen LogP contribution in [0.3, 0.4) is 0 Å². The van der Waals surface area contributed by atoms with Crippen LogP contribution in [0.5, 0.6) is 5.75 Å². The van der Waals surface area contributed by atoms with Gasteiger partial charge >= 0.3 is 5.97 Å². The van der Waals surface area contributed by atoms with Gasteiger partial charge in [0.05, 0.1) is 31.6 Å². The molecule has 1 aliphatic rings. The van der Waals surface area contributed by atoms with Crippen molar-refractivity contribution in [1.29, 1.82) is 0 Å². The van der Waals surface area contributed by atoms with Gasteiger partial charge in [-0.05, 0) is 30.7 Å². The van der Waals surface area contributed by atoms with Crippen molar-refractivity contribution in [2.45, 2.75) is 19.0 Å². The molecule has 158 valence electrons. The van der Waals surface area contributed by atoms with E-state index in [4.69, 9.17) is 9.47 Å². The number of sulfonamides is 1. The molecule has 1 aliphatic heterocycles. The predicted octanol–water partition coefficient (Wildman–Crippen LogP) is 2.75. The highest BCUT2D eigenvalue weighted by Gasteiger charge is 2.47. The number of hydrogen-bond donors (Lipinski definition) is 0. The topological polar surface area (TPSA) is 90.0 Å². The van der Waals surface area contributed by atoms with Crippen LogP contribution in [0.15, 0.2) is 66.2 Å². The molecule has 1 heterocycles. The van der Waals surface area contributed by atoms with E-state index >= 15 is 0 Å². The maximum absolute atomic E-state index is 13.3. The summed E-state index contributed by atoms with van der Waals surface area (Å²) in [6, 6.07) is 13.0. The van der Waals surface area contributed by atoms with E-state index in [2.05, 4.69) is 0 Å². The Morgan fingerprint density at radius 1 is 1.03 bits per heavy atom. The quantitative estimate of drug-likeness (QED) is 0.497. The average Bonchev–Trinajstić information content (AvgIpc) is 3.15. The highest BCUT2D eigenvalue weighted by molar-refractivity contribution is 7.88. The number of carbonyl (C=O) groups is 2. The third-order valence-electron chi connectivity index (χ3n) is 4.82. The molecule has 3 rings (SSSR count). The smallest absolute Gasteiger partial charge is 0.335 e. The fourth-order valence-electron chi connectivity index (χ4n) is 3.49. The molecule has 0 spiro atoms. The third kappa shape index (κ3) is 4.29. The number of methoxy groups -OCH3 is 1. The number of esters is 1. The molecule has 0 N–H and O–H groups in total. The Bertz CT molecular complexity index is 1060. The Morgan fingerprint density at radius 3 is 2.20 bits per heavy atom. The zero-order chi connectivity index (χ0) is 21.9. The molecular weight excluding hydrogens is 406 g/mol. The van der Waals surface area contributed by atoms with E-state index in [1.807, 2.05) is 0 Å². The monoisotopic (exact) mass is 429 g/mol. The molecular formula is C22H23NO6S. The van der Waals surface area contributed by atoms with Gasteiger partial charge in [0.25, 0.3) is 0 Å². The van der Waals surface area contributed by atoms with E-state index in [1.54, 1.807) is 61.5 Å². The predicted molar refractivity (Wildman–Crippen MR) is 112 cm³/mol. The number of Topliss-reactive ketones (excluding diaryl/α,β-unsaturated/α-hetero) is 1. The molecule has 0 fully saturated rings. The van der Waals surface area contributed by atoms with Crippen LogP contribution < -0.4 is 4.74 Å². The number of hydrogen-bond acceptors (Lipinski definition) is 6. The summed E-state index contributed by atoms with van der Waals surface area (Å²) in [5.74, 6) is -0.595. The summed E-state index contributed by atoms with van der Waals surface area (Å²) in [5, 5.41) is 0. The van der Waals surface area contributed by atoms with Crippen molar-refractivity contribution in [3.05, 3.63) is 77.4 Å². The van der Waals surface area contributed by atoms with Crippen molar-refractivity contribution in [1.82, 2.24) is 4.31 Å². The van der Waals surface area contributed by atoms with E-state index < -0.39 is 33.9 Å². The zero-order valence-electron chi connectivity index (χ0n) is 16.9. The number of ether oxygens (including phenoxy) is 2. The van der Waals surface area contributed by atoms with Crippen molar-refractivity contribution >= 4 is 21.8 Å². The maximum atomic E-state index is 13.3. The minimum atomic E-state index is -3.88. The van der Waals surface area contributed by atoms with Crippen LogP contribution in [0.1, 0.15) is 28.9 Å². The lowest BCUT2D eigenvalue weighted by Crippen LogP contribution is -2.44. The lowest BCUT2D eigenvalue weighted by atomic mass is 9.99. The van der Waals surface area contributed by atoms with Gasteiger partial charge in [-0.2, -0.15) is 4.31 Å². The number of rotatable bonds is 7. The van der Waals surface area contributed by atoms with Gasteiger partial charge in [0.2, 0.25) is 10.0 Å². The molecule has 2 unspecified atom stereocenters. The Labute approximate surface area is 176 Å². The summed E-state index contributed by atoms with van der Waals surface area (Å²) in [7, 11) is -2.35. The molecule has 7 nitrogen and oxygen atoms in total. The largest absolute Gasteiger partial charge is 0.497 e. The Balaban J connectivity index is 2.14. The van der Waals surface area contributed by atoms with E-state index in [9.17, 15) is 18.0 Å². The van der Waals surface area contributed by atoms with E-state index in [-0.39, 0.29) is 12.2 Å². The minimum absolute atomic E-state index is 0.0111. The first-order chi connectivity index (χ1) is 14.3. The van der Waals surface area contributed by atoms with E-state index in [0.29, 0.717) is 16.9 Å². The molecule has 0 saturated carbocycles. The summed E-state index contributed by atoms with van der Waals surface area (Å²) >= 11 is 0. The fraction of sp³-hybridized carbons (Fsp3) is 0.273. The van der Waals surface area contributed by atoms with Gasteiger partial charge in [0.1, 0.15) is 11.8 Å². The fourth-order valence-corrected chi connectivity index (χ4v) is 4.67. The number of nitrogens with zero attached hydrogens (tertiary/aromatic N) is 1. The molecule has 0 saturated heterocycles. The van der Waals surface area contributed by atoms with Crippen LogP contribution in [0.25, 0.3) is 0 Å². The molecule has 8 heteroatoms. The summed E-state index contributed by atoms with van der Waals surface area (Å²) in [6.07, 6.45) is 2.52. The summed E-state index contributed by atoms with van der Waals surface area (Å²) in [6.45, 7) is 1.76. The van der Waals surface area contributed by atoms with Gasteiger partial charge < -0.3 is 9.47 Å². The van der Waals surface area contributed by atoms with Crippen LogP contribution in [0.4, 0.5) is 0 Å². The third-order valence-corrected chi connectivity index (χ3v) is 6.02. The number of ketones is 1. The average molecular weight is 429 g/mol. The van der Waals surface area contributed by atoms with Crippen LogP contribution in [0, 0.1) is 0 Å². The molecule has 2 atom stereocenters. The molecule has 30 heavy (non-hydrogen) atoms. The molecule has 2 aromatic rings. The molecule has 2 aromatic carbocycles. The zero-order valence-corrected chi connectivity index (χ0v) is 17.8. The van der Waals surface area contributed by atoms with Crippen molar-refractivity contribution in [2.75, 3.05) is 20.0 Å². The van der Waals surface area contributed by atoms with Crippen molar-refractivity contribution in [3.63, 3.8) is 0 Å². The lowest BCUT2D eigenvalue weighted by Gasteiger charge is -2.28. The summed E-state index contributed by atoms with van der Waals surface area (Å²) in [5.41, 5.74) is 0.921. The molecule has 0 aromatic heterocycles. The number of benzene rings is 2. The van der Waals surface area contributed by atoms with Crippen molar-refractivity contribution < 1.29 is 27.5 Å². The van der Waals surface area contributed by atoms with E-state index in [1.165, 1.54) is 13.2 Å². The first-order valence-electron chi connectivity index (χ1n) is 9.38. The van der Waals surface area contributed by atoms with Crippen LogP contribution in [0.2, 0.25) is 0 Å². The van der Waals surface area contributed by atoms with Gasteiger partial charge in [-0.25, -0.2) is 13.2 Å². The van der Waals surface area contributed by atoms with Crippen molar-refractivity contribution in [3.8, 4) is 5.75 Å². The molecule has 0 amide bonds. The molecule has 0 bridgehead atoms. The van der Waals surface area contributed by atoms with Crippen LogP contribution in [-0.2, 0) is 19.6 Å². The lowest BCUT2D eigenvalue weighted by molar-refractivity contribution is -0.138. The van der Waals surface area contributed by atoms with Crippen LogP contribution in [-0.4, -0.2) is 50.5 Å². The van der Waals surface area contributed by atoms with Gasteiger partial charge in [-0.3, -0.25) is 4.79 Å². The molecule has 0 aliphatic carbocycles. The SMILES string of the molecule is CCOC(=O)C1=CC(c2ccc(OC)cc2)N(S(C)(=O)=O)C1C(=O)c1ccccc1. The second kappa shape index (κ2) is 8.81. The normalized spacial score (nSPS) is 19.2. The standard InChI is InChI=1S/C22H23NO6S/c1-4-29-22(25)18-14-19(15-10-12-17(28-2)13-11-15)23(30(3,26)27)20(18)21(24)16-8-6-5-7-9-16/h5-14,19-20H,4H2,1-3H3. The van der Waals surface area contributed by atoms with Gasteiger partial charge in [-0.15, -0.1) is 0 Å². The second-order valence-electron chi connectivity index (χ2n) is 6.79. The first-order valence-corrected chi connectivity index (χ1v) is 11.2. The van der Waals surface area contributed by atoms with Crippen molar-refractivity contribution in [2.24, 2.45) is 0 Å². The van der Waals surface area contributed by atoms with Gasteiger partial charge in [0.15, 0.2) is 5.78 Å². The maximum Gasteiger partial charge on any atom is 0.335 e. The first kappa shape index (κ1) is 21.7. The van der Waals surface area contributed by atoms with Gasteiger partial charge in [0, 0.05) is 5.56 Å². The summed E-state index contributed by atoms with van der Waals surface area (Å²) < 4.78 is 36.9. The highest BCUT2D eigenvalue weighted by atomic mass is 32.2. The Kier molecular flexibility index (Phi) is 6.38. The summed E-state index contributed by atoms with van der Waals surface area (Å²) in [4.78, 5) is 26.0. The number of carbonyl (C=O) groups excluding carboxylic acids is 2. The molecule has 0 radical (unpaired) electrons. The highest BCUT2D eigenvalue weighted by Crippen LogP contribution is 2.39. The minimum Gasteiger partial charge on any atom is -0.497 e. The second-order valence-corrected chi connectivity index (χ2v) is 8.67.